The minimum absolute atomic E-state index is 0.0243. The lowest BCUT2D eigenvalue weighted by molar-refractivity contribution is 0.0696. The number of carboxylic acids is 1. The van der Waals surface area contributed by atoms with E-state index in [-0.39, 0.29) is 17.0 Å². The van der Waals surface area contributed by atoms with Gasteiger partial charge in [0.1, 0.15) is 5.76 Å². The highest BCUT2D eigenvalue weighted by atomic mass is 32.2. The Balaban J connectivity index is 2.03. The Hall–Kier alpha value is -2.19. The number of benzene rings is 1. The third-order valence-corrected chi connectivity index (χ3v) is 4.74. The molecular weight excluding hydrogens is 308 g/mol. The number of sulfonamides is 1. The average molecular weight is 324 g/mol. The first-order chi connectivity index (χ1) is 10.3. The molecule has 2 aromatic rings. The molecule has 0 aliphatic carbocycles. The fraction of sp³-hybridized carbons (Fsp3) is 0.286. The van der Waals surface area contributed by atoms with E-state index in [0.717, 1.165) is 11.3 Å². The fourth-order valence-corrected chi connectivity index (χ4v) is 3.06. The van der Waals surface area contributed by atoms with Gasteiger partial charge in [0.05, 0.1) is 16.2 Å². The largest absolute Gasteiger partial charge is 0.478 e. The van der Waals surface area contributed by atoms with Gasteiger partial charge in [-0.1, -0.05) is 5.16 Å². The monoisotopic (exact) mass is 324 g/mol. The van der Waals surface area contributed by atoms with Crippen LogP contribution in [0.15, 0.2) is 33.7 Å². The molecule has 2 N–H and O–H groups in total. The molecule has 0 fully saturated rings. The standard InChI is InChI=1S/C14H16N2O5S/c1-9-13(10(2)21-16-9)7-8-15-22(19,20)12-5-3-11(4-6-12)14(17)18/h3-6,15H,7-8H2,1-2H3,(H,17,18). The molecule has 0 aliphatic rings. The number of hydrogen-bond donors (Lipinski definition) is 2. The summed E-state index contributed by atoms with van der Waals surface area (Å²) >= 11 is 0. The van der Waals surface area contributed by atoms with Gasteiger partial charge in [0.2, 0.25) is 10.0 Å². The van der Waals surface area contributed by atoms with E-state index < -0.39 is 16.0 Å². The molecule has 22 heavy (non-hydrogen) atoms. The number of carboxylic acid groups (broad SMARTS) is 1. The van der Waals surface area contributed by atoms with Gasteiger partial charge < -0.3 is 9.63 Å². The quantitative estimate of drug-likeness (QED) is 0.833. The summed E-state index contributed by atoms with van der Waals surface area (Å²) in [5, 5.41) is 12.6. The first kappa shape index (κ1) is 16.2. The maximum atomic E-state index is 12.1. The van der Waals surface area contributed by atoms with E-state index in [1.807, 2.05) is 0 Å². The smallest absolute Gasteiger partial charge is 0.335 e. The van der Waals surface area contributed by atoms with Gasteiger partial charge in [-0.3, -0.25) is 0 Å². The van der Waals surface area contributed by atoms with Crippen molar-refractivity contribution in [3.63, 3.8) is 0 Å². The summed E-state index contributed by atoms with van der Waals surface area (Å²) in [6.07, 6.45) is 0.466. The Morgan fingerprint density at radius 3 is 2.41 bits per heavy atom. The molecular formula is C14H16N2O5S. The van der Waals surface area contributed by atoms with Gasteiger partial charge in [0, 0.05) is 12.1 Å². The third-order valence-electron chi connectivity index (χ3n) is 3.26. The Kier molecular flexibility index (Phi) is 4.62. The van der Waals surface area contributed by atoms with Gasteiger partial charge in [0.15, 0.2) is 0 Å². The maximum Gasteiger partial charge on any atom is 0.335 e. The van der Waals surface area contributed by atoms with E-state index in [2.05, 4.69) is 9.88 Å². The number of nitrogens with zero attached hydrogens (tertiary/aromatic N) is 1. The SMILES string of the molecule is Cc1noc(C)c1CCNS(=O)(=O)c1ccc(C(=O)O)cc1. The van der Waals surface area contributed by atoms with Crippen LogP contribution in [0.1, 0.15) is 27.4 Å². The van der Waals surface area contributed by atoms with Crippen LogP contribution in [0.3, 0.4) is 0 Å². The van der Waals surface area contributed by atoms with Crippen LogP contribution < -0.4 is 4.72 Å². The van der Waals surface area contributed by atoms with Crippen LogP contribution in [-0.2, 0) is 16.4 Å². The highest BCUT2D eigenvalue weighted by molar-refractivity contribution is 7.89. The van der Waals surface area contributed by atoms with Crippen LogP contribution in [-0.4, -0.2) is 31.2 Å². The molecule has 0 saturated carbocycles. The minimum atomic E-state index is -3.68. The van der Waals surface area contributed by atoms with Crippen LogP contribution in [0.2, 0.25) is 0 Å². The number of rotatable bonds is 6. The first-order valence-electron chi connectivity index (χ1n) is 6.56. The summed E-state index contributed by atoms with van der Waals surface area (Å²) in [5.41, 5.74) is 1.65. The number of carbonyl (C=O) groups is 1. The van der Waals surface area contributed by atoms with Crippen LogP contribution in [0.4, 0.5) is 0 Å². The molecule has 0 spiro atoms. The Morgan fingerprint density at radius 1 is 1.27 bits per heavy atom. The molecule has 118 valence electrons. The van der Waals surface area contributed by atoms with E-state index in [0.29, 0.717) is 12.2 Å². The topological polar surface area (TPSA) is 110 Å². The molecule has 0 amide bonds. The molecule has 0 atom stereocenters. The van der Waals surface area contributed by atoms with Gasteiger partial charge in [0.25, 0.3) is 0 Å². The van der Waals surface area contributed by atoms with Gasteiger partial charge in [-0.2, -0.15) is 0 Å². The Bertz CT molecular complexity index is 759. The van der Waals surface area contributed by atoms with E-state index in [9.17, 15) is 13.2 Å². The summed E-state index contributed by atoms with van der Waals surface area (Å²) in [6, 6.07) is 5.04. The second-order valence-electron chi connectivity index (χ2n) is 4.78. The third kappa shape index (κ3) is 3.52. The number of nitrogens with one attached hydrogen (secondary N) is 1. The number of aromatic carboxylic acids is 1. The van der Waals surface area contributed by atoms with Crippen LogP contribution in [0, 0.1) is 13.8 Å². The lowest BCUT2D eigenvalue weighted by Gasteiger charge is -2.07. The normalized spacial score (nSPS) is 11.5. The molecule has 0 bridgehead atoms. The van der Waals surface area contributed by atoms with E-state index >= 15 is 0 Å². The summed E-state index contributed by atoms with van der Waals surface area (Å²) < 4.78 is 31.7. The predicted molar refractivity (Wildman–Crippen MR) is 78.3 cm³/mol. The fourth-order valence-electron chi connectivity index (χ4n) is 2.03. The molecule has 1 aromatic heterocycles. The van der Waals surface area contributed by atoms with Crippen molar-refractivity contribution in [1.29, 1.82) is 0 Å². The van der Waals surface area contributed by atoms with Crippen LogP contribution in [0.25, 0.3) is 0 Å². The maximum absolute atomic E-state index is 12.1. The van der Waals surface area contributed by atoms with E-state index in [4.69, 9.17) is 9.63 Å². The van der Waals surface area contributed by atoms with E-state index in [1.54, 1.807) is 13.8 Å². The van der Waals surface area contributed by atoms with Gasteiger partial charge in [-0.25, -0.2) is 17.9 Å². The molecule has 1 aromatic carbocycles. The molecule has 0 unspecified atom stereocenters. The summed E-state index contributed by atoms with van der Waals surface area (Å²) in [6.45, 7) is 3.77. The highest BCUT2D eigenvalue weighted by Gasteiger charge is 2.15. The molecule has 2 rings (SSSR count). The van der Waals surface area contributed by atoms with Crippen LogP contribution >= 0.6 is 0 Å². The summed E-state index contributed by atoms with van der Waals surface area (Å²) in [4.78, 5) is 10.8. The van der Waals surface area contributed by atoms with Crippen molar-refractivity contribution in [2.24, 2.45) is 0 Å². The molecule has 0 saturated heterocycles. The lowest BCUT2D eigenvalue weighted by Crippen LogP contribution is -2.26. The predicted octanol–water partition coefficient (Wildman–Crippen LogP) is 1.51. The zero-order valence-corrected chi connectivity index (χ0v) is 13.0. The van der Waals surface area contributed by atoms with Crippen molar-refractivity contribution < 1.29 is 22.8 Å². The molecule has 1 heterocycles. The molecule has 7 nitrogen and oxygen atoms in total. The zero-order chi connectivity index (χ0) is 16.3. The highest BCUT2D eigenvalue weighted by Crippen LogP contribution is 2.14. The number of aryl methyl sites for hydroxylation is 2. The van der Waals surface area contributed by atoms with Gasteiger partial charge in [-0.15, -0.1) is 0 Å². The van der Waals surface area contributed by atoms with Crippen molar-refractivity contribution in [2.75, 3.05) is 6.54 Å². The van der Waals surface area contributed by atoms with Crippen molar-refractivity contribution in [1.82, 2.24) is 9.88 Å². The second kappa shape index (κ2) is 6.29. The van der Waals surface area contributed by atoms with Crippen molar-refractivity contribution >= 4 is 16.0 Å². The van der Waals surface area contributed by atoms with Gasteiger partial charge >= 0.3 is 5.97 Å². The summed E-state index contributed by atoms with van der Waals surface area (Å²) in [5.74, 6) is -0.433. The lowest BCUT2D eigenvalue weighted by atomic mass is 10.1. The Labute approximate surface area is 128 Å². The number of hydrogen-bond acceptors (Lipinski definition) is 5. The summed E-state index contributed by atoms with van der Waals surface area (Å²) in [7, 11) is -3.68. The zero-order valence-electron chi connectivity index (χ0n) is 12.2. The Morgan fingerprint density at radius 2 is 1.91 bits per heavy atom. The minimum Gasteiger partial charge on any atom is -0.478 e. The molecule has 0 aliphatic heterocycles. The van der Waals surface area contributed by atoms with Crippen molar-refractivity contribution in [3.05, 3.63) is 46.8 Å². The van der Waals surface area contributed by atoms with Gasteiger partial charge in [-0.05, 0) is 44.5 Å². The number of aromatic nitrogens is 1. The average Bonchev–Trinajstić information content (AvgIpc) is 2.79. The molecule has 8 heteroatoms. The first-order valence-corrected chi connectivity index (χ1v) is 8.04. The molecule has 0 radical (unpaired) electrons. The van der Waals surface area contributed by atoms with Crippen molar-refractivity contribution in [2.45, 2.75) is 25.2 Å². The van der Waals surface area contributed by atoms with E-state index in [1.165, 1.54) is 24.3 Å². The van der Waals surface area contributed by atoms with Crippen molar-refractivity contribution in [3.8, 4) is 0 Å². The second-order valence-corrected chi connectivity index (χ2v) is 6.55. The van der Waals surface area contributed by atoms with Crippen LogP contribution in [0.5, 0.6) is 0 Å².